The van der Waals surface area contributed by atoms with Gasteiger partial charge < -0.3 is 0 Å². The molecule has 114 valence electrons. The Kier molecular flexibility index (Phi) is 4.97. The van der Waals surface area contributed by atoms with E-state index >= 15 is 0 Å². The molecule has 0 bridgehead atoms. The molecule has 0 spiro atoms. The number of halogens is 3. The molecule has 3 nitrogen and oxygen atoms in total. The van der Waals surface area contributed by atoms with E-state index in [0.717, 1.165) is 24.7 Å². The molecule has 0 unspecified atom stereocenters. The lowest BCUT2D eigenvalue weighted by molar-refractivity contribution is -0.115. The highest BCUT2D eigenvalue weighted by atomic mass is 79.9. The molecule has 1 aromatic carbocycles. The van der Waals surface area contributed by atoms with Crippen LogP contribution in [0.15, 0.2) is 43.7 Å². The van der Waals surface area contributed by atoms with E-state index in [1.807, 2.05) is 37.3 Å². The van der Waals surface area contributed by atoms with Crippen LogP contribution in [0.2, 0.25) is 0 Å². The van der Waals surface area contributed by atoms with Crippen LogP contribution in [-0.2, 0) is 4.79 Å². The number of thioether (sulfide) groups is 1. The van der Waals surface area contributed by atoms with Crippen molar-refractivity contribution >= 4 is 71.3 Å². The second-order valence-corrected chi connectivity index (χ2v) is 8.43. The van der Waals surface area contributed by atoms with Crippen LogP contribution in [0.25, 0.3) is 0 Å². The minimum atomic E-state index is -0.0921. The van der Waals surface area contributed by atoms with Crippen molar-refractivity contribution in [2.24, 2.45) is 0 Å². The van der Waals surface area contributed by atoms with Crippen molar-refractivity contribution in [3.63, 3.8) is 0 Å². The maximum Gasteiger partial charge on any atom is 0.239 e. The van der Waals surface area contributed by atoms with Gasteiger partial charge in [0, 0.05) is 19.0 Å². The first-order valence-corrected chi connectivity index (χ1v) is 9.92. The van der Waals surface area contributed by atoms with E-state index in [-0.39, 0.29) is 11.3 Å². The van der Waals surface area contributed by atoms with E-state index in [1.165, 1.54) is 0 Å². The number of anilines is 1. The van der Waals surface area contributed by atoms with Gasteiger partial charge in [-0.25, -0.2) is 4.98 Å². The number of carbonyl (C=O) groups excluding carboxylic acids is 1. The zero-order chi connectivity index (χ0) is 15.9. The first-order valence-electron chi connectivity index (χ1n) is 6.50. The van der Waals surface area contributed by atoms with Crippen LogP contribution >= 0.6 is 59.6 Å². The van der Waals surface area contributed by atoms with Gasteiger partial charge in [0.15, 0.2) is 0 Å². The summed E-state index contributed by atoms with van der Waals surface area (Å²) in [5, 5.41) is -0.0921. The van der Waals surface area contributed by atoms with Gasteiger partial charge in [0.05, 0.1) is 11.4 Å². The summed E-state index contributed by atoms with van der Waals surface area (Å²) in [5.74, 6) is 1.21. The lowest BCUT2D eigenvalue weighted by atomic mass is 10.2. The van der Waals surface area contributed by atoms with Crippen molar-refractivity contribution in [1.82, 2.24) is 4.98 Å². The molecule has 1 amide bonds. The third-order valence-corrected chi connectivity index (χ3v) is 6.77. The van der Waals surface area contributed by atoms with Crippen LogP contribution in [0, 0.1) is 6.92 Å². The van der Waals surface area contributed by atoms with Crippen LogP contribution in [0.4, 0.5) is 5.82 Å². The molecule has 2 heterocycles. The van der Waals surface area contributed by atoms with Crippen LogP contribution in [0.3, 0.4) is 0 Å². The zero-order valence-corrected chi connectivity index (χ0v) is 17.1. The number of hydrogen-bond donors (Lipinski definition) is 0. The second kappa shape index (κ2) is 6.63. The monoisotopic (exact) mass is 504 g/mol. The molecule has 7 heteroatoms. The number of rotatable bonds is 2. The number of aromatic nitrogens is 1. The highest BCUT2D eigenvalue weighted by molar-refractivity contribution is 9.11. The molecular formula is C15H11Br3N2OS. The molecule has 0 N–H and O–H groups in total. The van der Waals surface area contributed by atoms with Crippen LogP contribution in [-0.4, -0.2) is 16.6 Å². The number of amides is 1. The molecule has 0 radical (unpaired) electrons. The van der Waals surface area contributed by atoms with Gasteiger partial charge in [-0.3, -0.25) is 9.69 Å². The van der Waals surface area contributed by atoms with Gasteiger partial charge in [0.1, 0.15) is 11.2 Å². The number of aryl methyl sites for hydroxylation is 1. The van der Waals surface area contributed by atoms with Crippen LogP contribution in [0.1, 0.15) is 16.6 Å². The van der Waals surface area contributed by atoms with Crippen LogP contribution in [0.5, 0.6) is 0 Å². The standard InChI is InChI=1S/C15H11Br3N2OS/c1-8-9(16)5-6-12(19-8)20-13(21)7-22-15(20)14-10(17)3-2-4-11(14)18/h2-6,15H,7H2,1H3/t15-/m1/s1. The summed E-state index contributed by atoms with van der Waals surface area (Å²) < 4.78 is 2.90. The topological polar surface area (TPSA) is 33.2 Å². The maximum absolute atomic E-state index is 12.4. The molecule has 3 rings (SSSR count). The summed E-state index contributed by atoms with van der Waals surface area (Å²) in [4.78, 5) is 18.7. The number of benzene rings is 1. The van der Waals surface area contributed by atoms with Gasteiger partial charge >= 0.3 is 0 Å². The minimum absolute atomic E-state index is 0.0758. The Morgan fingerprint density at radius 2 is 1.82 bits per heavy atom. The predicted octanol–water partition coefficient (Wildman–Crippen LogP) is 5.46. The molecule has 1 aliphatic heterocycles. The smallest absolute Gasteiger partial charge is 0.239 e. The molecule has 1 aliphatic rings. The average molecular weight is 507 g/mol. The van der Waals surface area contributed by atoms with Gasteiger partial charge in [0.25, 0.3) is 0 Å². The highest BCUT2D eigenvalue weighted by Gasteiger charge is 2.37. The SMILES string of the molecule is Cc1nc(N2C(=O)CS[C@@H]2c2c(Br)cccc2Br)ccc1Br. The Hall–Kier alpha value is -0.370. The Balaban J connectivity index is 2.08. The molecule has 2 aromatic rings. The van der Waals surface area contributed by atoms with Crippen molar-refractivity contribution in [3.8, 4) is 0 Å². The molecule has 1 aromatic heterocycles. The summed E-state index contributed by atoms with van der Waals surface area (Å²) in [6.07, 6.45) is 0. The van der Waals surface area contributed by atoms with Gasteiger partial charge in [-0.05, 0) is 47.1 Å². The van der Waals surface area contributed by atoms with E-state index < -0.39 is 0 Å². The Bertz CT molecular complexity index is 733. The fourth-order valence-corrected chi connectivity index (χ4v) is 5.49. The third kappa shape index (κ3) is 3.00. The lowest BCUT2D eigenvalue weighted by Crippen LogP contribution is -2.29. The summed E-state index contributed by atoms with van der Waals surface area (Å²) in [5.41, 5.74) is 1.92. The van der Waals surface area contributed by atoms with Gasteiger partial charge in [-0.15, -0.1) is 11.8 Å². The second-order valence-electron chi connectivity index (χ2n) is 4.80. The maximum atomic E-state index is 12.4. The van der Waals surface area contributed by atoms with Crippen molar-refractivity contribution in [3.05, 3.63) is 55.0 Å². The van der Waals surface area contributed by atoms with Crippen molar-refractivity contribution < 1.29 is 4.79 Å². The van der Waals surface area contributed by atoms with Gasteiger partial charge in [0.2, 0.25) is 5.91 Å². The fraction of sp³-hybridized carbons (Fsp3) is 0.200. The van der Waals surface area contributed by atoms with Crippen molar-refractivity contribution in [1.29, 1.82) is 0 Å². The molecule has 1 atom stereocenters. The first-order chi connectivity index (χ1) is 10.5. The first kappa shape index (κ1) is 16.5. The molecule has 0 saturated carbocycles. The van der Waals surface area contributed by atoms with Crippen LogP contribution < -0.4 is 4.90 Å². The van der Waals surface area contributed by atoms with E-state index in [1.54, 1.807) is 16.7 Å². The molecule has 1 saturated heterocycles. The summed E-state index contributed by atoms with van der Waals surface area (Å²) >= 11 is 12.2. The molecule has 22 heavy (non-hydrogen) atoms. The Labute approximate surface area is 158 Å². The number of carbonyl (C=O) groups is 1. The lowest BCUT2D eigenvalue weighted by Gasteiger charge is -2.25. The Morgan fingerprint density at radius 1 is 1.14 bits per heavy atom. The quantitative estimate of drug-likeness (QED) is 0.542. The van der Waals surface area contributed by atoms with E-state index in [9.17, 15) is 4.79 Å². The predicted molar refractivity (Wildman–Crippen MR) is 101 cm³/mol. The van der Waals surface area contributed by atoms with E-state index in [0.29, 0.717) is 11.6 Å². The number of nitrogens with zero attached hydrogens (tertiary/aromatic N) is 2. The van der Waals surface area contributed by atoms with E-state index in [4.69, 9.17) is 0 Å². The van der Waals surface area contributed by atoms with Gasteiger partial charge in [-0.1, -0.05) is 37.9 Å². The van der Waals surface area contributed by atoms with Gasteiger partial charge in [-0.2, -0.15) is 0 Å². The molecular weight excluding hydrogens is 496 g/mol. The highest BCUT2D eigenvalue weighted by Crippen LogP contribution is 2.46. The largest absolute Gasteiger partial charge is 0.279 e. The molecule has 1 fully saturated rings. The third-order valence-electron chi connectivity index (χ3n) is 3.37. The summed E-state index contributed by atoms with van der Waals surface area (Å²) in [6, 6.07) is 9.74. The minimum Gasteiger partial charge on any atom is -0.279 e. The normalized spacial score (nSPS) is 18.1. The zero-order valence-electron chi connectivity index (χ0n) is 11.5. The van der Waals surface area contributed by atoms with E-state index in [2.05, 4.69) is 52.8 Å². The summed E-state index contributed by atoms with van der Waals surface area (Å²) in [7, 11) is 0. The Morgan fingerprint density at radius 3 is 2.45 bits per heavy atom. The average Bonchev–Trinajstić information content (AvgIpc) is 2.84. The summed E-state index contributed by atoms with van der Waals surface area (Å²) in [6.45, 7) is 1.92. The number of pyridine rings is 1. The fourth-order valence-electron chi connectivity index (χ4n) is 2.30. The van der Waals surface area contributed by atoms with Crippen molar-refractivity contribution in [2.45, 2.75) is 12.3 Å². The number of hydrogen-bond acceptors (Lipinski definition) is 3. The molecule has 0 aliphatic carbocycles. The van der Waals surface area contributed by atoms with Crippen molar-refractivity contribution in [2.75, 3.05) is 10.7 Å².